The van der Waals surface area contributed by atoms with Gasteiger partial charge >= 0.3 is 26.2 Å². The van der Waals surface area contributed by atoms with Crippen LogP contribution in [0.15, 0.2) is 0 Å². The number of hydrogen-bond acceptors (Lipinski definition) is 12. The van der Waals surface area contributed by atoms with Crippen molar-refractivity contribution in [2.75, 3.05) is 26.2 Å². The molecule has 18 heteroatoms. The third kappa shape index (κ3) is 10.6. The van der Waals surface area contributed by atoms with Crippen LogP contribution in [0.3, 0.4) is 0 Å². The number of nitrogens with two attached hydrogens (primary N) is 4. The molecule has 6 atom stereocenters. The fraction of sp³-hybridized carbons (Fsp3) is 0.818. The molecular formula is C22H44B2N6O10. The highest BCUT2D eigenvalue weighted by Crippen LogP contribution is 2.29. The van der Waals surface area contributed by atoms with Gasteiger partial charge in [-0.25, -0.2) is 0 Å². The fourth-order valence-corrected chi connectivity index (χ4v) is 5.10. The SMILES string of the molecule is C[C@H](N)C(=O)N1C[C@@H](CCB(O)O)C[C@@](N)(C(=O)O)C1.C[C@H](N)C(=O)N1C[C@H](CCB(O)O)C[C@](N)(C(=O)O)C1. The molecule has 0 spiro atoms. The predicted octanol–water partition coefficient (Wildman–Crippen LogP) is -4.35. The first kappa shape index (κ1) is 35.7. The van der Waals surface area contributed by atoms with Crippen molar-refractivity contribution in [3.63, 3.8) is 0 Å². The summed E-state index contributed by atoms with van der Waals surface area (Å²) in [5, 5.41) is 54.0. The topological polar surface area (TPSA) is 300 Å². The van der Waals surface area contributed by atoms with Crippen LogP contribution in [-0.2, 0) is 19.2 Å². The zero-order chi connectivity index (χ0) is 31.0. The molecule has 0 unspecified atom stereocenters. The minimum absolute atomic E-state index is 0.0825. The molecule has 0 radical (unpaired) electrons. The summed E-state index contributed by atoms with van der Waals surface area (Å²) in [6.07, 6.45) is 1.37. The third-order valence-corrected chi connectivity index (χ3v) is 7.13. The summed E-state index contributed by atoms with van der Waals surface area (Å²) in [5.41, 5.74) is 19.8. The summed E-state index contributed by atoms with van der Waals surface area (Å²) in [7, 11) is -2.90. The Hall–Kier alpha value is -2.31. The highest BCUT2D eigenvalue weighted by molar-refractivity contribution is 6.41. The number of nitrogens with zero attached hydrogens (tertiary/aromatic N) is 2. The average Bonchev–Trinajstić information content (AvgIpc) is 2.84. The van der Waals surface area contributed by atoms with Crippen LogP contribution in [0.5, 0.6) is 0 Å². The Balaban J connectivity index is 0.000000400. The Morgan fingerprint density at radius 2 is 1.05 bits per heavy atom. The van der Waals surface area contributed by atoms with Crippen molar-refractivity contribution >= 4 is 38.0 Å². The number of amides is 2. The number of rotatable bonds is 10. The van der Waals surface area contributed by atoms with Crippen molar-refractivity contribution in [1.29, 1.82) is 0 Å². The van der Waals surface area contributed by atoms with Gasteiger partial charge in [0.15, 0.2) is 0 Å². The lowest BCUT2D eigenvalue weighted by Crippen LogP contribution is -2.64. The summed E-state index contributed by atoms with van der Waals surface area (Å²) in [6, 6.07) is -1.45. The van der Waals surface area contributed by atoms with E-state index in [9.17, 15) is 29.4 Å². The van der Waals surface area contributed by atoms with E-state index in [0.29, 0.717) is 25.9 Å². The average molecular weight is 574 g/mol. The third-order valence-electron chi connectivity index (χ3n) is 7.13. The van der Waals surface area contributed by atoms with Crippen molar-refractivity contribution in [2.45, 2.75) is 75.3 Å². The standard InChI is InChI=1S/2C11H22BN3O5/c2*1-7(13)9(16)15-5-8(2-3-12(19)20)4-11(14,6-15)10(17)18/h2*7-8,19-20H,2-6,13-14H2,1H3,(H,17,18)/t7-,8+,11+;7-,8-,11-/m00/s1. The van der Waals surface area contributed by atoms with Crippen LogP contribution in [0.4, 0.5) is 0 Å². The monoisotopic (exact) mass is 574 g/mol. The Labute approximate surface area is 233 Å². The highest BCUT2D eigenvalue weighted by atomic mass is 16.4. The molecular weight excluding hydrogens is 530 g/mol. The van der Waals surface area contributed by atoms with Crippen molar-refractivity contribution < 1.29 is 49.5 Å². The van der Waals surface area contributed by atoms with Gasteiger partial charge in [-0.2, -0.15) is 0 Å². The van der Waals surface area contributed by atoms with Gasteiger partial charge < -0.3 is 63.0 Å². The molecule has 2 rings (SSSR count). The second-order valence-electron chi connectivity index (χ2n) is 11.2. The zero-order valence-electron chi connectivity index (χ0n) is 23.1. The van der Waals surface area contributed by atoms with E-state index in [0.717, 1.165) is 0 Å². The lowest BCUT2D eigenvalue weighted by molar-refractivity contribution is -0.151. The van der Waals surface area contributed by atoms with Crippen LogP contribution in [0, 0.1) is 11.8 Å². The molecule has 0 aromatic carbocycles. The fourth-order valence-electron chi connectivity index (χ4n) is 5.10. The number of piperidine rings is 2. The molecule has 0 bridgehead atoms. The van der Waals surface area contributed by atoms with E-state index in [-0.39, 0.29) is 62.2 Å². The van der Waals surface area contributed by atoms with Crippen molar-refractivity contribution in [1.82, 2.24) is 9.80 Å². The molecule has 2 amide bonds. The molecule has 0 saturated carbocycles. The van der Waals surface area contributed by atoms with E-state index >= 15 is 0 Å². The van der Waals surface area contributed by atoms with Crippen LogP contribution in [0.1, 0.15) is 39.5 Å². The van der Waals surface area contributed by atoms with Gasteiger partial charge in [0.05, 0.1) is 12.1 Å². The maximum atomic E-state index is 11.9. The Bertz CT molecular complexity index is 828. The van der Waals surface area contributed by atoms with Gasteiger partial charge in [-0.1, -0.05) is 12.8 Å². The highest BCUT2D eigenvalue weighted by Gasteiger charge is 2.45. The van der Waals surface area contributed by atoms with Gasteiger partial charge in [0, 0.05) is 26.2 Å². The van der Waals surface area contributed by atoms with Crippen LogP contribution >= 0.6 is 0 Å². The number of carbonyl (C=O) groups is 4. The van der Waals surface area contributed by atoms with Crippen LogP contribution in [0.2, 0.25) is 12.6 Å². The van der Waals surface area contributed by atoms with E-state index < -0.39 is 49.3 Å². The maximum absolute atomic E-state index is 11.9. The molecule has 0 aromatic heterocycles. The summed E-state index contributed by atoms with van der Waals surface area (Å²) < 4.78 is 0. The van der Waals surface area contributed by atoms with Crippen molar-refractivity contribution in [2.24, 2.45) is 34.8 Å². The van der Waals surface area contributed by atoms with E-state index in [1.807, 2.05) is 0 Å². The Morgan fingerprint density at radius 1 is 0.750 bits per heavy atom. The first-order valence-corrected chi connectivity index (χ1v) is 13.2. The number of hydrogen-bond donors (Lipinski definition) is 10. The van der Waals surface area contributed by atoms with Gasteiger partial charge in [0.2, 0.25) is 11.8 Å². The second-order valence-corrected chi connectivity index (χ2v) is 11.2. The molecule has 228 valence electrons. The number of carbonyl (C=O) groups excluding carboxylic acids is 2. The van der Waals surface area contributed by atoms with Gasteiger partial charge in [0.25, 0.3) is 0 Å². The largest absolute Gasteiger partial charge is 0.480 e. The van der Waals surface area contributed by atoms with Crippen LogP contribution < -0.4 is 22.9 Å². The predicted molar refractivity (Wildman–Crippen MR) is 145 cm³/mol. The van der Waals surface area contributed by atoms with Crippen LogP contribution in [-0.4, -0.2) is 127 Å². The summed E-state index contributed by atoms with van der Waals surface area (Å²) in [4.78, 5) is 49.2. The quantitative estimate of drug-likeness (QED) is 0.110. The van der Waals surface area contributed by atoms with Crippen molar-refractivity contribution in [3.8, 4) is 0 Å². The van der Waals surface area contributed by atoms with Gasteiger partial charge in [-0.05, 0) is 51.2 Å². The lowest BCUT2D eigenvalue weighted by atomic mass is 9.75. The van der Waals surface area contributed by atoms with Crippen molar-refractivity contribution in [3.05, 3.63) is 0 Å². The summed E-state index contributed by atoms with van der Waals surface area (Å²) in [5.74, 6) is -3.45. The van der Waals surface area contributed by atoms with E-state index in [1.54, 1.807) is 0 Å². The maximum Gasteiger partial charge on any atom is 0.451 e. The number of carboxylic acid groups (broad SMARTS) is 2. The van der Waals surface area contributed by atoms with E-state index in [4.69, 9.17) is 43.0 Å². The van der Waals surface area contributed by atoms with E-state index in [2.05, 4.69) is 0 Å². The Morgan fingerprint density at radius 3 is 1.27 bits per heavy atom. The number of likely N-dealkylation sites (tertiary alicyclic amines) is 2. The number of carboxylic acids is 2. The molecule has 16 nitrogen and oxygen atoms in total. The Kier molecular flexibility index (Phi) is 13.5. The first-order valence-electron chi connectivity index (χ1n) is 13.2. The molecule has 2 heterocycles. The minimum atomic E-state index is -1.52. The minimum Gasteiger partial charge on any atom is -0.480 e. The molecule has 2 saturated heterocycles. The first-order chi connectivity index (χ1) is 18.3. The van der Waals surface area contributed by atoms with Gasteiger partial charge in [-0.15, -0.1) is 0 Å². The molecule has 14 N–H and O–H groups in total. The molecule has 0 aliphatic carbocycles. The van der Waals surface area contributed by atoms with Gasteiger partial charge in [0.1, 0.15) is 11.1 Å². The zero-order valence-corrected chi connectivity index (χ0v) is 23.1. The smallest absolute Gasteiger partial charge is 0.451 e. The van der Waals surface area contributed by atoms with Gasteiger partial charge in [-0.3, -0.25) is 19.2 Å². The molecule has 2 aliphatic heterocycles. The lowest BCUT2D eigenvalue weighted by Gasteiger charge is -2.42. The molecule has 2 aliphatic rings. The summed E-state index contributed by atoms with van der Waals surface area (Å²) in [6.45, 7) is 3.56. The molecule has 0 aromatic rings. The van der Waals surface area contributed by atoms with Crippen LogP contribution in [0.25, 0.3) is 0 Å². The molecule has 2 fully saturated rings. The molecule has 40 heavy (non-hydrogen) atoms. The second kappa shape index (κ2) is 15.1. The van der Waals surface area contributed by atoms with E-state index in [1.165, 1.54) is 23.6 Å². The number of aliphatic carboxylic acids is 2. The normalized spacial score (nSPS) is 28.1. The summed E-state index contributed by atoms with van der Waals surface area (Å²) >= 11 is 0.